The smallest absolute Gasteiger partial charge is 0.157 e. The Morgan fingerprint density at radius 1 is 1.16 bits per heavy atom. The normalized spacial score (nSPS) is 22.5. The zero-order valence-corrected chi connectivity index (χ0v) is 11.6. The average molecular weight is 264 g/mol. The summed E-state index contributed by atoms with van der Waals surface area (Å²) in [5.74, 6) is 1.57. The number of hydrogen-bond donors (Lipinski definition) is 0. The van der Waals surface area contributed by atoms with Crippen LogP contribution in [0.3, 0.4) is 0 Å². The zero-order chi connectivity index (χ0) is 12.9. The first-order valence-corrected chi connectivity index (χ1v) is 7.66. The zero-order valence-electron chi connectivity index (χ0n) is 11.6. The van der Waals surface area contributed by atoms with Gasteiger partial charge in [0.25, 0.3) is 0 Å². The van der Waals surface area contributed by atoms with Crippen molar-refractivity contribution in [1.29, 1.82) is 0 Å². The molecule has 1 aliphatic heterocycles. The van der Waals surface area contributed by atoms with Crippen LogP contribution in [0.1, 0.15) is 51.0 Å². The Balaban J connectivity index is 1.49. The van der Waals surface area contributed by atoms with Gasteiger partial charge in [-0.2, -0.15) is 5.10 Å². The molecular formula is C15H24N2O2. The molecule has 2 heterocycles. The van der Waals surface area contributed by atoms with Crippen molar-refractivity contribution in [2.24, 2.45) is 5.92 Å². The lowest BCUT2D eigenvalue weighted by molar-refractivity contribution is 0.0497. The molecule has 0 radical (unpaired) electrons. The Bertz CT molecular complexity index is 379. The highest BCUT2D eigenvalue weighted by atomic mass is 16.5. The molecule has 1 aromatic rings. The molecule has 0 unspecified atom stereocenters. The first-order valence-electron chi connectivity index (χ1n) is 7.66. The fourth-order valence-corrected chi connectivity index (χ4v) is 3.07. The van der Waals surface area contributed by atoms with E-state index in [-0.39, 0.29) is 0 Å². The fraction of sp³-hybridized carbons (Fsp3) is 0.800. The highest BCUT2D eigenvalue weighted by Crippen LogP contribution is 2.28. The molecule has 19 heavy (non-hydrogen) atoms. The Hall–Kier alpha value is -1.03. The summed E-state index contributed by atoms with van der Waals surface area (Å²) < 4.78 is 13.4. The molecule has 1 aromatic heterocycles. The topological polar surface area (TPSA) is 36.3 Å². The molecule has 0 amide bonds. The third-order valence-electron chi connectivity index (χ3n) is 4.35. The van der Waals surface area contributed by atoms with Gasteiger partial charge in [-0.3, -0.25) is 4.68 Å². The molecule has 2 fully saturated rings. The first kappa shape index (κ1) is 13.0. The number of hydrogen-bond acceptors (Lipinski definition) is 3. The summed E-state index contributed by atoms with van der Waals surface area (Å²) in [6, 6.07) is 0.592. The summed E-state index contributed by atoms with van der Waals surface area (Å²) in [6.07, 6.45) is 12.8. The predicted molar refractivity (Wildman–Crippen MR) is 73.4 cm³/mol. The molecule has 1 saturated heterocycles. The second-order valence-electron chi connectivity index (χ2n) is 5.81. The Morgan fingerprint density at radius 3 is 2.74 bits per heavy atom. The molecule has 0 aromatic carbocycles. The van der Waals surface area contributed by atoms with Gasteiger partial charge in [-0.05, 0) is 31.6 Å². The highest BCUT2D eigenvalue weighted by molar-refractivity contribution is 5.12. The fourth-order valence-electron chi connectivity index (χ4n) is 3.07. The number of aromatic nitrogens is 2. The lowest BCUT2D eigenvalue weighted by atomic mass is 9.96. The van der Waals surface area contributed by atoms with Gasteiger partial charge >= 0.3 is 0 Å². The second-order valence-corrected chi connectivity index (χ2v) is 5.81. The van der Waals surface area contributed by atoms with Crippen LogP contribution < -0.4 is 4.74 Å². The number of ether oxygens (including phenoxy) is 2. The van der Waals surface area contributed by atoms with Gasteiger partial charge in [0.15, 0.2) is 5.75 Å². The van der Waals surface area contributed by atoms with Crippen LogP contribution in [0.15, 0.2) is 12.4 Å². The molecule has 0 atom stereocenters. The van der Waals surface area contributed by atoms with Gasteiger partial charge in [0, 0.05) is 13.2 Å². The van der Waals surface area contributed by atoms with E-state index in [0.29, 0.717) is 12.0 Å². The van der Waals surface area contributed by atoms with Crippen LogP contribution in [0.5, 0.6) is 5.75 Å². The molecule has 4 nitrogen and oxygen atoms in total. The van der Waals surface area contributed by atoms with Crippen LogP contribution in [0.25, 0.3) is 0 Å². The first-order chi connectivity index (χ1) is 9.42. The van der Waals surface area contributed by atoms with Gasteiger partial charge in [-0.15, -0.1) is 0 Å². The minimum absolute atomic E-state index is 0.592. The Morgan fingerprint density at radius 2 is 1.95 bits per heavy atom. The Labute approximate surface area is 115 Å². The van der Waals surface area contributed by atoms with E-state index < -0.39 is 0 Å². The van der Waals surface area contributed by atoms with Crippen molar-refractivity contribution in [1.82, 2.24) is 9.78 Å². The van der Waals surface area contributed by atoms with Crippen molar-refractivity contribution in [3.63, 3.8) is 0 Å². The van der Waals surface area contributed by atoms with Crippen molar-refractivity contribution >= 4 is 0 Å². The standard InChI is InChI=1S/C15H24N2O2/c1-2-4-14(5-3-1)17-11-15(10-16-17)19-12-13-6-8-18-9-7-13/h10-11,13-14H,1-9,12H2. The maximum Gasteiger partial charge on any atom is 0.157 e. The minimum Gasteiger partial charge on any atom is -0.490 e. The maximum absolute atomic E-state index is 5.88. The van der Waals surface area contributed by atoms with Crippen LogP contribution in [-0.2, 0) is 4.74 Å². The van der Waals surface area contributed by atoms with Crippen molar-refractivity contribution < 1.29 is 9.47 Å². The molecule has 1 saturated carbocycles. The van der Waals surface area contributed by atoms with Gasteiger partial charge in [-0.25, -0.2) is 0 Å². The van der Waals surface area contributed by atoms with Crippen LogP contribution in [0, 0.1) is 5.92 Å². The number of rotatable bonds is 4. The summed E-state index contributed by atoms with van der Waals surface area (Å²) >= 11 is 0. The Kier molecular flexibility index (Phi) is 4.38. The van der Waals surface area contributed by atoms with Crippen LogP contribution in [0.2, 0.25) is 0 Å². The van der Waals surface area contributed by atoms with Crippen LogP contribution in [0.4, 0.5) is 0 Å². The van der Waals surface area contributed by atoms with Gasteiger partial charge < -0.3 is 9.47 Å². The van der Waals surface area contributed by atoms with E-state index in [0.717, 1.165) is 38.4 Å². The second kappa shape index (κ2) is 6.42. The van der Waals surface area contributed by atoms with E-state index in [1.165, 1.54) is 32.1 Å². The van der Waals surface area contributed by atoms with Crippen molar-refractivity contribution in [2.45, 2.75) is 51.0 Å². The summed E-state index contributed by atoms with van der Waals surface area (Å²) in [7, 11) is 0. The molecule has 0 N–H and O–H groups in total. The average Bonchev–Trinajstić information content (AvgIpc) is 2.96. The van der Waals surface area contributed by atoms with E-state index in [4.69, 9.17) is 9.47 Å². The van der Waals surface area contributed by atoms with Gasteiger partial charge in [0.1, 0.15) is 0 Å². The molecule has 2 aliphatic rings. The molecule has 0 bridgehead atoms. The highest BCUT2D eigenvalue weighted by Gasteiger charge is 2.17. The number of nitrogens with zero attached hydrogens (tertiary/aromatic N) is 2. The van der Waals surface area contributed by atoms with Gasteiger partial charge in [0.05, 0.1) is 25.0 Å². The van der Waals surface area contributed by atoms with E-state index in [2.05, 4.69) is 16.0 Å². The quantitative estimate of drug-likeness (QED) is 0.838. The minimum atomic E-state index is 0.592. The summed E-state index contributed by atoms with van der Waals surface area (Å²) in [5.41, 5.74) is 0. The molecule has 3 rings (SSSR count). The van der Waals surface area contributed by atoms with Crippen LogP contribution in [-0.4, -0.2) is 29.6 Å². The van der Waals surface area contributed by atoms with Crippen molar-refractivity contribution in [3.05, 3.63) is 12.4 Å². The third-order valence-corrected chi connectivity index (χ3v) is 4.35. The van der Waals surface area contributed by atoms with Gasteiger partial charge in [0.2, 0.25) is 0 Å². The summed E-state index contributed by atoms with van der Waals surface area (Å²) in [4.78, 5) is 0. The van der Waals surface area contributed by atoms with Crippen molar-refractivity contribution in [2.75, 3.05) is 19.8 Å². The molecule has 1 aliphatic carbocycles. The van der Waals surface area contributed by atoms with Gasteiger partial charge in [-0.1, -0.05) is 19.3 Å². The molecular weight excluding hydrogens is 240 g/mol. The molecule has 4 heteroatoms. The van der Waals surface area contributed by atoms with E-state index in [9.17, 15) is 0 Å². The predicted octanol–water partition coefficient (Wildman–Crippen LogP) is 3.19. The SMILES string of the molecule is c1nn(C2CCCCC2)cc1OCC1CCOCC1. The largest absolute Gasteiger partial charge is 0.490 e. The van der Waals surface area contributed by atoms with E-state index in [1.54, 1.807) is 0 Å². The lowest BCUT2D eigenvalue weighted by Crippen LogP contribution is -2.21. The maximum atomic E-state index is 5.88. The third kappa shape index (κ3) is 3.50. The molecule has 106 valence electrons. The van der Waals surface area contributed by atoms with Crippen LogP contribution >= 0.6 is 0 Å². The monoisotopic (exact) mass is 264 g/mol. The van der Waals surface area contributed by atoms with E-state index in [1.807, 2.05) is 6.20 Å². The summed E-state index contributed by atoms with van der Waals surface area (Å²) in [6.45, 7) is 2.57. The van der Waals surface area contributed by atoms with Crippen molar-refractivity contribution in [3.8, 4) is 5.75 Å². The lowest BCUT2D eigenvalue weighted by Gasteiger charge is -2.22. The summed E-state index contributed by atoms with van der Waals surface area (Å²) in [5, 5.41) is 4.47. The molecule has 0 spiro atoms. The van der Waals surface area contributed by atoms with E-state index >= 15 is 0 Å².